The first-order valence-corrected chi connectivity index (χ1v) is 7.54. The minimum Gasteiger partial charge on any atom is -0.469 e. The average Bonchev–Trinajstić information content (AvgIpc) is 3.18. The Morgan fingerprint density at radius 2 is 1.96 bits per heavy atom. The van der Waals surface area contributed by atoms with Gasteiger partial charge in [-0.05, 0) is 19.9 Å². The highest BCUT2D eigenvalue weighted by molar-refractivity contribution is 5.82. The van der Waals surface area contributed by atoms with Gasteiger partial charge >= 0.3 is 5.97 Å². The fourth-order valence-corrected chi connectivity index (χ4v) is 2.64. The molecule has 0 unspecified atom stereocenters. The number of hydrogen-bond acceptors (Lipinski definition) is 8. The smallest absolute Gasteiger partial charge is 0.311 e. The lowest BCUT2D eigenvalue weighted by atomic mass is 10.3. The number of esters is 1. The molecule has 0 aliphatic carbocycles. The molecule has 0 spiro atoms. The largest absolute Gasteiger partial charge is 0.469 e. The minimum atomic E-state index is -0.421. The normalized spacial score (nSPS) is 11.3. The van der Waals surface area contributed by atoms with E-state index in [1.54, 1.807) is 16.8 Å². The van der Waals surface area contributed by atoms with Gasteiger partial charge in [0.05, 0.1) is 19.7 Å². The Hall–Kier alpha value is -3.43. The zero-order chi connectivity index (χ0) is 17.6. The molecule has 0 radical (unpaired) electrons. The summed E-state index contributed by atoms with van der Waals surface area (Å²) < 4.78 is 7.86. The monoisotopic (exact) mass is 338 g/mol. The molecule has 4 rings (SSSR count). The van der Waals surface area contributed by atoms with E-state index < -0.39 is 5.97 Å². The molecule has 4 heterocycles. The molecule has 25 heavy (non-hydrogen) atoms. The molecule has 0 aliphatic rings. The summed E-state index contributed by atoms with van der Waals surface area (Å²) in [6.07, 6.45) is 1.58. The van der Waals surface area contributed by atoms with Crippen molar-refractivity contribution in [2.24, 2.45) is 0 Å². The number of fused-ring (bicyclic) bond motifs is 3. The Balaban J connectivity index is 2.05. The Bertz CT molecular complexity index is 1090. The van der Waals surface area contributed by atoms with Crippen LogP contribution in [0.5, 0.6) is 0 Å². The van der Waals surface area contributed by atoms with Crippen molar-refractivity contribution < 1.29 is 9.53 Å². The fraction of sp³-hybridized carbons (Fsp3) is 0.267. The van der Waals surface area contributed by atoms with Gasteiger partial charge < -0.3 is 4.74 Å². The van der Waals surface area contributed by atoms with Crippen molar-refractivity contribution in [3.8, 4) is 5.95 Å². The number of ether oxygens (including phenoxy) is 1. The summed E-state index contributed by atoms with van der Waals surface area (Å²) in [5, 5.41) is 17.1. The molecule has 0 saturated carbocycles. The van der Waals surface area contributed by atoms with E-state index >= 15 is 0 Å². The van der Waals surface area contributed by atoms with Crippen LogP contribution in [0.4, 0.5) is 0 Å². The molecule has 4 aromatic heterocycles. The summed E-state index contributed by atoms with van der Waals surface area (Å²) in [6, 6.07) is 3.60. The first-order valence-electron chi connectivity index (χ1n) is 7.54. The second-order valence-electron chi connectivity index (χ2n) is 5.54. The Labute approximate surface area is 141 Å². The molecule has 0 saturated heterocycles. The second kappa shape index (κ2) is 5.58. The maximum absolute atomic E-state index is 11.7. The lowest BCUT2D eigenvalue weighted by molar-refractivity contribution is -0.139. The van der Waals surface area contributed by atoms with E-state index in [9.17, 15) is 4.79 Å². The maximum atomic E-state index is 11.7. The van der Waals surface area contributed by atoms with Gasteiger partial charge in [0.2, 0.25) is 0 Å². The number of hydrogen-bond donors (Lipinski definition) is 0. The number of nitrogens with zero attached hydrogens (tertiary/aromatic N) is 8. The third kappa shape index (κ3) is 2.47. The van der Waals surface area contributed by atoms with Gasteiger partial charge in [0.25, 0.3) is 5.95 Å². The Kier molecular flexibility index (Phi) is 3.38. The van der Waals surface area contributed by atoms with E-state index in [1.165, 1.54) is 11.8 Å². The summed E-state index contributed by atoms with van der Waals surface area (Å²) in [4.78, 5) is 20.6. The van der Waals surface area contributed by atoms with E-state index in [-0.39, 0.29) is 6.42 Å². The van der Waals surface area contributed by atoms with Crippen molar-refractivity contribution in [3.05, 3.63) is 35.4 Å². The number of aryl methyl sites for hydroxylation is 2. The molecule has 126 valence electrons. The summed E-state index contributed by atoms with van der Waals surface area (Å²) in [6.45, 7) is 3.76. The van der Waals surface area contributed by atoms with E-state index in [0.29, 0.717) is 28.5 Å². The Morgan fingerprint density at radius 1 is 1.20 bits per heavy atom. The number of methoxy groups -OCH3 is 1. The van der Waals surface area contributed by atoms with Crippen LogP contribution >= 0.6 is 0 Å². The van der Waals surface area contributed by atoms with Gasteiger partial charge in [0.1, 0.15) is 5.69 Å². The highest BCUT2D eigenvalue weighted by atomic mass is 16.5. The SMILES string of the molecule is COC(=O)Cc1nn(-c2nc(C)cc(C)n2)c2c1nnc1ccnn12. The first-order chi connectivity index (χ1) is 12.1. The second-order valence-corrected chi connectivity index (χ2v) is 5.54. The van der Waals surface area contributed by atoms with Crippen LogP contribution in [0, 0.1) is 13.8 Å². The minimum absolute atomic E-state index is 0.0355. The van der Waals surface area contributed by atoms with E-state index in [0.717, 1.165) is 11.4 Å². The van der Waals surface area contributed by atoms with E-state index in [1.807, 2.05) is 19.9 Å². The lowest BCUT2D eigenvalue weighted by Crippen LogP contribution is -2.09. The predicted octanol–water partition coefficient (Wildman–Crippen LogP) is 0.586. The molecule has 0 N–H and O–H groups in total. The molecule has 0 aliphatic heterocycles. The topological polar surface area (TPSA) is 113 Å². The van der Waals surface area contributed by atoms with Gasteiger partial charge in [0.15, 0.2) is 16.8 Å². The van der Waals surface area contributed by atoms with Gasteiger partial charge in [0, 0.05) is 17.5 Å². The lowest BCUT2D eigenvalue weighted by Gasteiger charge is -2.04. The van der Waals surface area contributed by atoms with Crippen LogP contribution in [0.25, 0.3) is 22.8 Å². The Morgan fingerprint density at radius 3 is 2.68 bits per heavy atom. The predicted molar refractivity (Wildman–Crippen MR) is 86.2 cm³/mol. The van der Waals surface area contributed by atoms with Crippen molar-refractivity contribution in [2.75, 3.05) is 7.11 Å². The summed E-state index contributed by atoms with van der Waals surface area (Å²) in [5.74, 6) is -0.0429. The van der Waals surface area contributed by atoms with Crippen LogP contribution in [0.1, 0.15) is 17.1 Å². The van der Waals surface area contributed by atoms with Crippen LogP contribution in [-0.4, -0.2) is 52.6 Å². The van der Waals surface area contributed by atoms with Crippen molar-refractivity contribution in [2.45, 2.75) is 20.3 Å². The number of carbonyl (C=O) groups excluding carboxylic acids is 1. The summed E-state index contributed by atoms with van der Waals surface area (Å²) in [5.41, 5.74) is 3.58. The fourth-order valence-electron chi connectivity index (χ4n) is 2.64. The van der Waals surface area contributed by atoms with Crippen molar-refractivity contribution in [3.63, 3.8) is 0 Å². The molecule has 0 fully saturated rings. The zero-order valence-electron chi connectivity index (χ0n) is 13.8. The standard InChI is InChI=1S/C15H14N8O2/c1-8-6-9(2)18-15(17-8)23-14-13(10(21-23)7-12(24)25-3)20-19-11-4-5-16-22(11)14/h4-6H,7H2,1-3H3. The molecule has 10 heteroatoms. The van der Waals surface area contributed by atoms with Gasteiger partial charge in [-0.3, -0.25) is 4.79 Å². The van der Waals surface area contributed by atoms with Gasteiger partial charge in [-0.15, -0.1) is 10.2 Å². The number of rotatable bonds is 3. The van der Waals surface area contributed by atoms with Gasteiger partial charge in [-0.1, -0.05) is 0 Å². The third-order valence-corrected chi connectivity index (χ3v) is 3.68. The van der Waals surface area contributed by atoms with Crippen LogP contribution in [-0.2, 0) is 16.0 Å². The molecule has 0 atom stereocenters. The summed E-state index contributed by atoms with van der Waals surface area (Å²) >= 11 is 0. The molecule has 10 nitrogen and oxygen atoms in total. The molecule has 4 aromatic rings. The van der Waals surface area contributed by atoms with Gasteiger partial charge in [-0.2, -0.15) is 19.4 Å². The molecular weight excluding hydrogens is 324 g/mol. The van der Waals surface area contributed by atoms with Crippen LogP contribution in [0.3, 0.4) is 0 Å². The van der Waals surface area contributed by atoms with E-state index in [4.69, 9.17) is 4.74 Å². The van der Waals surface area contributed by atoms with Crippen molar-refractivity contribution in [1.29, 1.82) is 0 Å². The zero-order valence-corrected chi connectivity index (χ0v) is 13.8. The molecule has 0 aromatic carbocycles. The third-order valence-electron chi connectivity index (χ3n) is 3.68. The first kappa shape index (κ1) is 15.1. The van der Waals surface area contributed by atoms with Crippen molar-refractivity contribution >= 4 is 22.8 Å². The highest BCUT2D eigenvalue weighted by Crippen LogP contribution is 2.20. The van der Waals surface area contributed by atoms with Crippen molar-refractivity contribution in [1.82, 2.24) is 39.6 Å². The van der Waals surface area contributed by atoms with Crippen LogP contribution < -0.4 is 0 Å². The van der Waals surface area contributed by atoms with E-state index in [2.05, 4.69) is 30.4 Å². The number of carbonyl (C=O) groups is 1. The maximum Gasteiger partial charge on any atom is 0.311 e. The average molecular weight is 338 g/mol. The quantitative estimate of drug-likeness (QED) is 0.499. The van der Waals surface area contributed by atoms with Crippen LogP contribution in [0.15, 0.2) is 18.3 Å². The van der Waals surface area contributed by atoms with Crippen LogP contribution in [0.2, 0.25) is 0 Å². The molecule has 0 bridgehead atoms. The molecular formula is C15H14N8O2. The molecule has 0 amide bonds. The van der Waals surface area contributed by atoms with Gasteiger partial charge in [-0.25, -0.2) is 9.97 Å². The highest BCUT2D eigenvalue weighted by Gasteiger charge is 2.21. The number of aromatic nitrogens is 8. The summed E-state index contributed by atoms with van der Waals surface area (Å²) in [7, 11) is 1.33.